The van der Waals surface area contributed by atoms with Gasteiger partial charge in [-0.25, -0.2) is 16.8 Å². The fraction of sp³-hybridized carbons (Fsp3) is 1.00. The first-order chi connectivity index (χ1) is 12.2. The van der Waals surface area contributed by atoms with Crippen molar-refractivity contribution in [2.75, 3.05) is 11.5 Å². The van der Waals surface area contributed by atoms with Crippen molar-refractivity contribution in [2.45, 2.75) is 103 Å². The quantitative estimate of drug-likeness (QED) is 0.130. The van der Waals surface area contributed by atoms with E-state index in [1.165, 1.54) is 51.4 Å². The van der Waals surface area contributed by atoms with Crippen molar-refractivity contribution in [3.63, 3.8) is 0 Å². The summed E-state index contributed by atoms with van der Waals surface area (Å²) in [7, 11) is -8.07. The molecule has 158 valence electrons. The Morgan fingerprint density at radius 1 is 0.357 bits per heavy atom. The zero-order valence-electron chi connectivity index (χ0n) is 18.0. The van der Waals surface area contributed by atoms with E-state index in [0.717, 1.165) is 38.5 Å². The molecule has 0 unspecified atom stereocenters. The fourth-order valence-electron chi connectivity index (χ4n) is 3.03. The molecule has 0 bridgehead atoms. The number of hydrogen-bond acceptors (Lipinski definition) is 6. The zero-order valence-corrected chi connectivity index (χ0v) is 23.6. The molecule has 0 radical (unpaired) electrons. The van der Waals surface area contributed by atoms with Crippen molar-refractivity contribution in [1.29, 1.82) is 0 Å². The topological polar surface area (TPSA) is 114 Å². The van der Waals surface area contributed by atoms with Gasteiger partial charge in [-0.05, 0) is 12.8 Å². The zero-order chi connectivity index (χ0) is 19.7. The molecule has 0 fully saturated rings. The molecule has 0 saturated carbocycles. The Kier molecular flexibility index (Phi) is 27.1. The molecule has 0 rings (SSSR count). The van der Waals surface area contributed by atoms with E-state index in [1.807, 2.05) is 0 Å². The first-order valence-corrected chi connectivity index (χ1v) is 13.2. The Morgan fingerprint density at radius 3 is 0.643 bits per heavy atom. The van der Waals surface area contributed by atoms with E-state index in [9.17, 15) is 25.9 Å². The van der Waals surface area contributed by atoms with Crippen LogP contribution in [0.25, 0.3) is 0 Å². The summed E-state index contributed by atoms with van der Waals surface area (Å²) in [5, 5.41) is 0. The third-order valence-electron chi connectivity index (χ3n) is 4.54. The molecule has 0 saturated heterocycles. The number of unbranched alkanes of at least 4 members (excludes halogenated alkanes) is 15. The summed E-state index contributed by atoms with van der Waals surface area (Å²) in [6.45, 7) is 0. The Morgan fingerprint density at radius 2 is 0.500 bits per heavy atom. The molecule has 0 aromatic carbocycles. The molecule has 10 heteroatoms. The van der Waals surface area contributed by atoms with Gasteiger partial charge in [-0.15, -0.1) is 0 Å². The van der Waals surface area contributed by atoms with Gasteiger partial charge in [-0.1, -0.05) is 89.9 Å². The molecule has 0 aliphatic carbocycles. The fourth-order valence-corrected chi connectivity index (χ4v) is 4.15. The average molecular weight is 459 g/mol. The largest absolute Gasteiger partial charge is 1.00 e. The monoisotopic (exact) mass is 458 g/mol. The van der Waals surface area contributed by atoms with Crippen molar-refractivity contribution in [3.8, 4) is 0 Å². The van der Waals surface area contributed by atoms with Crippen LogP contribution in [-0.4, -0.2) is 37.4 Å². The summed E-state index contributed by atoms with van der Waals surface area (Å²) < 4.78 is 62.6. The van der Waals surface area contributed by atoms with E-state index in [-0.39, 0.29) is 70.6 Å². The predicted octanol–water partition coefficient (Wildman–Crippen LogP) is -1.67. The second kappa shape index (κ2) is 22.0. The molecule has 0 aliphatic heterocycles. The minimum absolute atomic E-state index is 0. The van der Waals surface area contributed by atoms with Crippen LogP contribution >= 0.6 is 0 Å². The van der Waals surface area contributed by atoms with Crippen molar-refractivity contribution in [3.05, 3.63) is 0 Å². The molecule has 0 aliphatic rings. The maximum absolute atomic E-state index is 10.4. The Bertz CT molecular complexity index is 476. The normalized spacial score (nSPS) is 11.6. The van der Waals surface area contributed by atoms with Gasteiger partial charge in [-0.2, -0.15) is 0 Å². The van der Waals surface area contributed by atoms with Gasteiger partial charge in [0.1, 0.15) is 0 Å². The third kappa shape index (κ3) is 32.5. The van der Waals surface area contributed by atoms with Gasteiger partial charge in [0.25, 0.3) is 0 Å². The smallest absolute Gasteiger partial charge is 0.748 e. The van der Waals surface area contributed by atoms with Gasteiger partial charge in [0, 0.05) is 11.5 Å². The first kappa shape index (κ1) is 34.4. The van der Waals surface area contributed by atoms with Gasteiger partial charge < -0.3 is 9.11 Å². The number of hydrogen-bond donors (Lipinski definition) is 0. The van der Waals surface area contributed by atoms with E-state index < -0.39 is 20.2 Å². The second-order valence-corrected chi connectivity index (χ2v) is 10.2. The second-order valence-electron chi connectivity index (χ2n) is 7.18. The van der Waals surface area contributed by atoms with Gasteiger partial charge in [0.2, 0.25) is 0 Å². The van der Waals surface area contributed by atoms with Crippen molar-refractivity contribution in [2.24, 2.45) is 0 Å². The van der Waals surface area contributed by atoms with Gasteiger partial charge >= 0.3 is 59.1 Å². The minimum Gasteiger partial charge on any atom is -0.748 e. The SMILES string of the molecule is O=S(=O)([O-])CCCCCCCCCCCCCCCCCCS(=O)(=O)[O-].[Na+].[Na+]. The first-order valence-electron chi connectivity index (χ1n) is 10.1. The van der Waals surface area contributed by atoms with Crippen LogP contribution in [0.4, 0.5) is 0 Å². The molecule has 28 heavy (non-hydrogen) atoms. The molecular weight excluding hydrogens is 422 g/mol. The molecule has 0 aromatic heterocycles. The van der Waals surface area contributed by atoms with Crippen LogP contribution in [-0.2, 0) is 20.2 Å². The Hall–Kier alpha value is 1.82. The van der Waals surface area contributed by atoms with E-state index >= 15 is 0 Å². The Labute approximate surface area is 217 Å². The maximum atomic E-state index is 10.4. The summed E-state index contributed by atoms with van der Waals surface area (Å²) >= 11 is 0. The molecule has 0 amide bonds. The van der Waals surface area contributed by atoms with E-state index in [2.05, 4.69) is 0 Å². The maximum Gasteiger partial charge on any atom is 1.00 e. The minimum atomic E-state index is -4.03. The predicted molar refractivity (Wildman–Crippen MR) is 103 cm³/mol. The van der Waals surface area contributed by atoms with Crippen LogP contribution in [0.15, 0.2) is 0 Å². The third-order valence-corrected chi connectivity index (χ3v) is 6.12. The summed E-state index contributed by atoms with van der Waals surface area (Å²) in [6.07, 6.45) is 16.7. The van der Waals surface area contributed by atoms with Gasteiger partial charge in [0.15, 0.2) is 0 Å². The van der Waals surface area contributed by atoms with Crippen LogP contribution in [0.1, 0.15) is 103 Å². The molecule has 0 aromatic rings. The summed E-state index contributed by atoms with van der Waals surface area (Å²) in [6, 6.07) is 0. The van der Waals surface area contributed by atoms with Gasteiger partial charge in [0.05, 0.1) is 20.2 Å². The molecule has 0 spiro atoms. The Balaban J connectivity index is -0.00000312. The van der Waals surface area contributed by atoms with Crippen molar-refractivity contribution < 1.29 is 85.1 Å². The summed E-state index contributed by atoms with van der Waals surface area (Å²) in [4.78, 5) is 0. The van der Waals surface area contributed by atoms with Crippen molar-refractivity contribution in [1.82, 2.24) is 0 Å². The van der Waals surface area contributed by atoms with Gasteiger partial charge in [-0.3, -0.25) is 0 Å². The number of rotatable bonds is 19. The standard InChI is InChI=1S/C18H38O6S2.2Na/c19-25(20,21)17-15-13-11-9-7-5-3-1-2-4-6-8-10-12-14-16-18-26(22,23)24;;/h1-18H2,(H,19,20,21)(H,22,23,24);;/q;2*+1/p-2. The average Bonchev–Trinajstić information content (AvgIpc) is 2.51. The van der Waals surface area contributed by atoms with E-state index in [1.54, 1.807) is 0 Å². The molecule has 0 N–H and O–H groups in total. The van der Waals surface area contributed by atoms with Crippen LogP contribution in [0.5, 0.6) is 0 Å². The summed E-state index contributed by atoms with van der Waals surface area (Å²) in [5.41, 5.74) is 0. The van der Waals surface area contributed by atoms with E-state index in [4.69, 9.17) is 0 Å². The van der Waals surface area contributed by atoms with Crippen LogP contribution < -0.4 is 59.1 Å². The summed E-state index contributed by atoms with van der Waals surface area (Å²) in [5.74, 6) is -0.454. The molecule has 0 atom stereocenters. The van der Waals surface area contributed by atoms with Crippen molar-refractivity contribution >= 4 is 20.2 Å². The van der Waals surface area contributed by atoms with E-state index in [0.29, 0.717) is 12.8 Å². The van der Waals surface area contributed by atoms with Crippen LogP contribution in [0.3, 0.4) is 0 Å². The molecule has 6 nitrogen and oxygen atoms in total. The molecule has 0 heterocycles. The van der Waals surface area contributed by atoms with Crippen LogP contribution in [0.2, 0.25) is 0 Å². The van der Waals surface area contributed by atoms with Crippen LogP contribution in [0, 0.1) is 0 Å². The molecular formula is C18H36Na2O6S2.